The van der Waals surface area contributed by atoms with Crippen molar-refractivity contribution >= 4 is 17.6 Å². The van der Waals surface area contributed by atoms with Gasteiger partial charge in [0, 0.05) is 5.56 Å². The summed E-state index contributed by atoms with van der Waals surface area (Å²) in [6.07, 6.45) is 3.04. The zero-order valence-corrected chi connectivity index (χ0v) is 12.7. The van der Waals surface area contributed by atoms with Crippen LogP contribution in [0.2, 0.25) is 5.02 Å². The van der Waals surface area contributed by atoms with E-state index in [0.29, 0.717) is 34.9 Å². The lowest BCUT2D eigenvalue weighted by Gasteiger charge is -2.29. The van der Waals surface area contributed by atoms with Crippen LogP contribution in [0.1, 0.15) is 36.8 Å². The van der Waals surface area contributed by atoms with Gasteiger partial charge in [-0.15, -0.1) is 0 Å². The minimum Gasteiger partial charge on any atom is -0.492 e. The van der Waals surface area contributed by atoms with Gasteiger partial charge < -0.3 is 14.6 Å². The van der Waals surface area contributed by atoms with Gasteiger partial charge in [0.05, 0.1) is 24.7 Å². The fraction of sp³-hybridized carbons (Fsp3) is 0.533. The van der Waals surface area contributed by atoms with Gasteiger partial charge in [0.2, 0.25) is 0 Å². The van der Waals surface area contributed by atoms with Crippen LogP contribution in [-0.2, 0) is 10.2 Å². The first-order valence-electron chi connectivity index (χ1n) is 6.63. The molecule has 0 heterocycles. The van der Waals surface area contributed by atoms with Gasteiger partial charge in [-0.05, 0) is 31.4 Å². The molecule has 0 unspecified atom stereocenters. The van der Waals surface area contributed by atoms with E-state index in [2.05, 4.69) is 0 Å². The minimum absolute atomic E-state index is 0.405. The molecule has 1 aromatic carbocycles. The molecule has 1 aromatic rings. The highest BCUT2D eigenvalue weighted by Crippen LogP contribution is 2.51. The number of ether oxygens (including phenoxy) is 2. The number of hydrogen-bond donors (Lipinski definition) is 1. The summed E-state index contributed by atoms with van der Waals surface area (Å²) < 4.78 is 10.7. The van der Waals surface area contributed by atoms with E-state index in [0.717, 1.165) is 18.4 Å². The summed E-state index contributed by atoms with van der Waals surface area (Å²) in [5.74, 6) is 0.0462. The first kappa shape index (κ1) is 15.0. The van der Waals surface area contributed by atoms with Crippen LogP contribution in [-0.4, -0.2) is 25.3 Å². The molecular formula is C15H19ClO4. The Kier molecular flexibility index (Phi) is 4.14. The van der Waals surface area contributed by atoms with E-state index in [1.165, 1.54) is 14.2 Å². The fourth-order valence-corrected chi connectivity index (χ4v) is 3.58. The second kappa shape index (κ2) is 5.52. The molecule has 0 spiro atoms. The van der Waals surface area contributed by atoms with Crippen molar-refractivity contribution in [3.8, 4) is 11.5 Å². The lowest BCUT2D eigenvalue weighted by atomic mass is 9.76. The molecule has 0 aliphatic heterocycles. The Morgan fingerprint density at radius 2 is 1.80 bits per heavy atom. The molecule has 2 rings (SSSR count). The van der Waals surface area contributed by atoms with Crippen LogP contribution < -0.4 is 9.47 Å². The van der Waals surface area contributed by atoms with Crippen LogP contribution in [0.4, 0.5) is 0 Å². The number of carboxylic acid groups (broad SMARTS) is 1. The van der Waals surface area contributed by atoms with E-state index in [9.17, 15) is 9.90 Å². The van der Waals surface area contributed by atoms with Gasteiger partial charge in [-0.2, -0.15) is 0 Å². The van der Waals surface area contributed by atoms with Crippen molar-refractivity contribution in [3.63, 3.8) is 0 Å². The highest BCUT2D eigenvalue weighted by molar-refractivity contribution is 6.32. The number of benzene rings is 1. The number of aliphatic carboxylic acids is 1. The zero-order chi connectivity index (χ0) is 14.9. The Morgan fingerprint density at radius 3 is 2.25 bits per heavy atom. The monoisotopic (exact) mass is 298 g/mol. The van der Waals surface area contributed by atoms with Crippen LogP contribution in [0.5, 0.6) is 11.5 Å². The molecule has 110 valence electrons. The van der Waals surface area contributed by atoms with Crippen LogP contribution in [0.25, 0.3) is 0 Å². The number of carbonyl (C=O) groups is 1. The van der Waals surface area contributed by atoms with Gasteiger partial charge in [-0.3, -0.25) is 4.79 Å². The van der Waals surface area contributed by atoms with Crippen molar-refractivity contribution in [1.82, 2.24) is 0 Å². The van der Waals surface area contributed by atoms with Crippen molar-refractivity contribution in [2.24, 2.45) is 0 Å². The Labute approximate surface area is 123 Å². The molecule has 1 fully saturated rings. The van der Waals surface area contributed by atoms with Crippen molar-refractivity contribution in [1.29, 1.82) is 0 Å². The average molecular weight is 299 g/mol. The average Bonchev–Trinajstić information content (AvgIpc) is 2.88. The molecule has 0 bridgehead atoms. The molecule has 5 heteroatoms. The topological polar surface area (TPSA) is 55.8 Å². The van der Waals surface area contributed by atoms with E-state index >= 15 is 0 Å². The molecule has 0 radical (unpaired) electrons. The number of aryl methyl sites for hydroxylation is 1. The summed E-state index contributed by atoms with van der Waals surface area (Å²) >= 11 is 6.16. The third-order valence-electron chi connectivity index (χ3n) is 4.14. The van der Waals surface area contributed by atoms with Crippen molar-refractivity contribution < 1.29 is 19.4 Å². The first-order valence-corrected chi connectivity index (χ1v) is 7.00. The maximum absolute atomic E-state index is 11.9. The Hall–Kier alpha value is -1.42. The van der Waals surface area contributed by atoms with Crippen LogP contribution in [0, 0.1) is 6.92 Å². The van der Waals surface area contributed by atoms with Gasteiger partial charge in [-0.25, -0.2) is 0 Å². The van der Waals surface area contributed by atoms with E-state index in [1.807, 2.05) is 6.92 Å². The molecule has 1 aliphatic carbocycles. The second-order valence-electron chi connectivity index (χ2n) is 5.21. The maximum atomic E-state index is 11.9. The molecule has 20 heavy (non-hydrogen) atoms. The zero-order valence-electron chi connectivity index (χ0n) is 12.0. The Bertz CT molecular complexity index is 533. The number of methoxy groups -OCH3 is 2. The van der Waals surface area contributed by atoms with Crippen molar-refractivity contribution in [2.75, 3.05) is 14.2 Å². The predicted molar refractivity (Wildman–Crippen MR) is 77.1 cm³/mol. The van der Waals surface area contributed by atoms with E-state index < -0.39 is 11.4 Å². The van der Waals surface area contributed by atoms with E-state index in [-0.39, 0.29) is 0 Å². The second-order valence-corrected chi connectivity index (χ2v) is 5.62. The fourth-order valence-electron chi connectivity index (χ4n) is 3.26. The first-order chi connectivity index (χ1) is 9.47. The van der Waals surface area contributed by atoms with Gasteiger partial charge in [0.25, 0.3) is 0 Å². The molecule has 1 saturated carbocycles. The van der Waals surface area contributed by atoms with Crippen LogP contribution in [0.15, 0.2) is 6.07 Å². The minimum atomic E-state index is -0.896. The SMILES string of the molecule is COc1c(Cl)cc(C)c(C2(C(=O)O)CCCC2)c1OC. The summed E-state index contributed by atoms with van der Waals surface area (Å²) in [6.45, 7) is 1.87. The molecule has 0 atom stereocenters. The van der Waals surface area contributed by atoms with Crippen molar-refractivity contribution in [3.05, 3.63) is 22.2 Å². The third-order valence-corrected chi connectivity index (χ3v) is 4.42. The highest BCUT2D eigenvalue weighted by Gasteiger charge is 2.46. The molecule has 0 saturated heterocycles. The van der Waals surface area contributed by atoms with Gasteiger partial charge in [0.15, 0.2) is 11.5 Å². The Morgan fingerprint density at radius 1 is 1.25 bits per heavy atom. The molecule has 4 nitrogen and oxygen atoms in total. The van der Waals surface area contributed by atoms with E-state index in [4.69, 9.17) is 21.1 Å². The summed E-state index contributed by atoms with van der Waals surface area (Å²) in [7, 11) is 3.02. The number of hydrogen-bond acceptors (Lipinski definition) is 3. The van der Waals surface area contributed by atoms with Gasteiger partial charge >= 0.3 is 5.97 Å². The largest absolute Gasteiger partial charge is 0.492 e. The highest BCUT2D eigenvalue weighted by atomic mass is 35.5. The standard InChI is InChI=1S/C15H19ClO4/c1-9-8-10(16)12(19-2)13(20-3)11(9)15(14(17)18)6-4-5-7-15/h8H,4-7H2,1-3H3,(H,17,18). The molecule has 0 aromatic heterocycles. The smallest absolute Gasteiger partial charge is 0.314 e. The van der Waals surface area contributed by atoms with E-state index in [1.54, 1.807) is 6.07 Å². The van der Waals surface area contributed by atoms with Gasteiger partial charge in [-0.1, -0.05) is 24.4 Å². The summed E-state index contributed by atoms with van der Waals surface area (Å²) in [5, 5.41) is 10.2. The normalized spacial score (nSPS) is 17.0. The van der Waals surface area contributed by atoms with Gasteiger partial charge in [0.1, 0.15) is 0 Å². The van der Waals surface area contributed by atoms with Crippen molar-refractivity contribution in [2.45, 2.75) is 38.0 Å². The third kappa shape index (κ3) is 2.12. The van der Waals surface area contributed by atoms with Crippen LogP contribution >= 0.6 is 11.6 Å². The Balaban J connectivity index is 2.75. The lowest BCUT2D eigenvalue weighted by Crippen LogP contribution is -2.34. The molecular weight excluding hydrogens is 280 g/mol. The molecule has 1 aliphatic rings. The predicted octanol–water partition coefficient (Wildman–Crippen LogP) is 3.56. The summed E-state index contributed by atoms with van der Waals surface area (Å²) in [4.78, 5) is 11.9. The molecule has 1 N–H and O–H groups in total. The summed E-state index contributed by atoms with van der Waals surface area (Å²) in [6, 6.07) is 1.75. The number of carboxylic acids is 1. The quantitative estimate of drug-likeness (QED) is 0.923. The molecule has 0 amide bonds. The number of halogens is 1. The maximum Gasteiger partial charge on any atom is 0.314 e. The van der Waals surface area contributed by atoms with Crippen LogP contribution in [0.3, 0.4) is 0 Å². The lowest BCUT2D eigenvalue weighted by molar-refractivity contribution is -0.143. The number of rotatable bonds is 4. The summed E-state index contributed by atoms with van der Waals surface area (Å²) in [5.41, 5.74) is 0.635.